The van der Waals surface area contributed by atoms with Crippen molar-refractivity contribution >= 4 is 11.6 Å². The third kappa shape index (κ3) is 6.41. The Morgan fingerprint density at radius 2 is 1.62 bits per heavy atom. The molecule has 0 saturated heterocycles. The summed E-state index contributed by atoms with van der Waals surface area (Å²) in [5.74, 6) is 0.362. The molecule has 0 heterocycles. The number of allylic oxidation sites excluding steroid dienone is 4. The first-order chi connectivity index (χ1) is 9.49. The molecule has 0 aromatic carbocycles. The van der Waals surface area contributed by atoms with Crippen LogP contribution in [0.2, 0.25) is 0 Å². The summed E-state index contributed by atoms with van der Waals surface area (Å²) < 4.78 is 0. The van der Waals surface area contributed by atoms with Crippen LogP contribution in [-0.4, -0.2) is 11.6 Å². The van der Waals surface area contributed by atoms with Gasteiger partial charge in [0.05, 0.1) is 0 Å². The molecular formula is C19H30O2. The number of hydrogen-bond acceptors (Lipinski definition) is 2. The summed E-state index contributed by atoms with van der Waals surface area (Å²) in [5, 5.41) is 0. The Kier molecular flexibility index (Phi) is 5.72. The van der Waals surface area contributed by atoms with Crippen LogP contribution in [-0.2, 0) is 9.59 Å². The Balaban J connectivity index is 2.71. The quantitative estimate of drug-likeness (QED) is 0.676. The van der Waals surface area contributed by atoms with Gasteiger partial charge in [0.15, 0.2) is 11.6 Å². The zero-order chi connectivity index (χ0) is 16.3. The van der Waals surface area contributed by atoms with E-state index in [1.807, 2.05) is 0 Å². The third-order valence-electron chi connectivity index (χ3n) is 4.20. The lowest BCUT2D eigenvalue weighted by molar-refractivity contribution is -0.114. The van der Waals surface area contributed by atoms with E-state index < -0.39 is 0 Å². The number of ketones is 2. The van der Waals surface area contributed by atoms with Crippen molar-refractivity contribution in [2.24, 2.45) is 16.7 Å². The first-order valence-electron chi connectivity index (χ1n) is 7.96. The topological polar surface area (TPSA) is 34.1 Å². The fourth-order valence-corrected chi connectivity index (χ4v) is 2.70. The van der Waals surface area contributed by atoms with Gasteiger partial charge in [-0.15, -0.1) is 0 Å². The van der Waals surface area contributed by atoms with Gasteiger partial charge in [0.2, 0.25) is 0 Å². The van der Waals surface area contributed by atoms with Crippen LogP contribution in [0.25, 0.3) is 0 Å². The van der Waals surface area contributed by atoms with Crippen LogP contribution < -0.4 is 0 Å². The largest absolute Gasteiger partial charge is 0.290 e. The molecule has 0 saturated carbocycles. The van der Waals surface area contributed by atoms with Gasteiger partial charge < -0.3 is 0 Å². The van der Waals surface area contributed by atoms with Crippen molar-refractivity contribution in [3.63, 3.8) is 0 Å². The minimum atomic E-state index is -0.0630. The molecule has 118 valence electrons. The first kappa shape index (κ1) is 17.9. The summed E-state index contributed by atoms with van der Waals surface area (Å²) in [6.45, 7) is 13.4. The minimum absolute atomic E-state index is 0.000304. The lowest BCUT2D eigenvalue weighted by Gasteiger charge is -2.32. The highest BCUT2D eigenvalue weighted by Gasteiger charge is 2.28. The highest BCUT2D eigenvalue weighted by atomic mass is 16.1. The fraction of sp³-hybridized carbons (Fsp3) is 0.684. The number of carbonyl (C=O) groups is 2. The van der Waals surface area contributed by atoms with Gasteiger partial charge >= 0.3 is 0 Å². The van der Waals surface area contributed by atoms with Crippen molar-refractivity contribution in [1.82, 2.24) is 0 Å². The van der Waals surface area contributed by atoms with Crippen molar-refractivity contribution in [1.29, 1.82) is 0 Å². The molecule has 2 nitrogen and oxygen atoms in total. The number of rotatable bonds is 5. The van der Waals surface area contributed by atoms with Crippen LogP contribution in [0, 0.1) is 16.7 Å². The van der Waals surface area contributed by atoms with Gasteiger partial charge in [0.25, 0.3) is 0 Å². The minimum Gasteiger partial charge on any atom is -0.290 e. The molecule has 0 radical (unpaired) electrons. The van der Waals surface area contributed by atoms with Crippen LogP contribution in [0.1, 0.15) is 67.2 Å². The van der Waals surface area contributed by atoms with Gasteiger partial charge in [-0.3, -0.25) is 9.59 Å². The molecule has 1 aliphatic rings. The predicted molar refractivity (Wildman–Crippen MR) is 88.1 cm³/mol. The highest BCUT2D eigenvalue weighted by molar-refractivity contribution is 6.17. The van der Waals surface area contributed by atoms with Gasteiger partial charge in [-0.25, -0.2) is 0 Å². The van der Waals surface area contributed by atoms with E-state index in [0.717, 1.165) is 12.8 Å². The van der Waals surface area contributed by atoms with Gasteiger partial charge in [-0.1, -0.05) is 48.0 Å². The maximum absolute atomic E-state index is 11.9. The Labute approximate surface area is 129 Å². The molecule has 1 atom stereocenters. The van der Waals surface area contributed by atoms with Crippen molar-refractivity contribution in [2.75, 3.05) is 0 Å². The Morgan fingerprint density at radius 1 is 1.00 bits per heavy atom. The summed E-state index contributed by atoms with van der Waals surface area (Å²) in [4.78, 5) is 23.4. The Bertz CT molecular complexity index is 453. The molecule has 0 spiro atoms. The van der Waals surface area contributed by atoms with Crippen LogP contribution in [0.3, 0.4) is 0 Å². The van der Waals surface area contributed by atoms with Crippen LogP contribution in [0.15, 0.2) is 23.8 Å². The zero-order valence-corrected chi connectivity index (χ0v) is 14.5. The maximum atomic E-state index is 11.9. The van der Waals surface area contributed by atoms with E-state index >= 15 is 0 Å². The molecule has 0 amide bonds. The van der Waals surface area contributed by atoms with E-state index in [-0.39, 0.29) is 17.0 Å². The Morgan fingerprint density at radius 3 is 2.14 bits per heavy atom. The molecular weight excluding hydrogens is 260 g/mol. The second kappa shape index (κ2) is 6.72. The van der Waals surface area contributed by atoms with Crippen molar-refractivity contribution in [2.45, 2.75) is 67.2 Å². The molecule has 1 rings (SSSR count). The monoisotopic (exact) mass is 290 g/mol. The molecule has 21 heavy (non-hydrogen) atoms. The smallest absolute Gasteiger partial charge is 0.182 e. The summed E-state index contributed by atoms with van der Waals surface area (Å²) >= 11 is 0. The van der Waals surface area contributed by atoms with Gasteiger partial charge in [0.1, 0.15) is 0 Å². The summed E-state index contributed by atoms with van der Waals surface area (Å²) in [6.07, 6.45) is 8.45. The van der Waals surface area contributed by atoms with Crippen LogP contribution in [0.5, 0.6) is 0 Å². The molecule has 0 aromatic heterocycles. The molecule has 0 N–H and O–H groups in total. The molecule has 0 bridgehead atoms. The van der Waals surface area contributed by atoms with Gasteiger partial charge in [-0.05, 0) is 54.2 Å². The molecule has 1 unspecified atom stereocenters. The first-order valence-corrected chi connectivity index (χ1v) is 7.96. The number of carbonyl (C=O) groups excluding carboxylic acids is 2. The van der Waals surface area contributed by atoms with E-state index in [4.69, 9.17) is 0 Å². The molecule has 0 fully saturated rings. The average Bonchev–Trinajstić information content (AvgIpc) is 2.29. The van der Waals surface area contributed by atoms with Crippen molar-refractivity contribution in [3.8, 4) is 0 Å². The second-order valence-corrected chi connectivity index (χ2v) is 8.49. The van der Waals surface area contributed by atoms with E-state index in [1.165, 1.54) is 24.6 Å². The van der Waals surface area contributed by atoms with E-state index in [9.17, 15) is 9.59 Å². The lowest BCUT2D eigenvalue weighted by Crippen LogP contribution is -2.24. The van der Waals surface area contributed by atoms with Crippen LogP contribution in [0.4, 0.5) is 0 Å². The molecule has 0 aromatic rings. The fourth-order valence-electron chi connectivity index (χ4n) is 2.70. The van der Waals surface area contributed by atoms with Crippen LogP contribution >= 0.6 is 0 Å². The average molecular weight is 290 g/mol. The highest BCUT2D eigenvalue weighted by Crippen LogP contribution is 2.37. The third-order valence-corrected chi connectivity index (χ3v) is 4.20. The molecule has 1 aliphatic carbocycles. The maximum Gasteiger partial charge on any atom is 0.182 e. The van der Waals surface area contributed by atoms with Crippen molar-refractivity contribution in [3.05, 3.63) is 23.8 Å². The summed E-state index contributed by atoms with van der Waals surface area (Å²) in [6, 6.07) is 0. The molecule has 2 heteroatoms. The molecule has 0 aliphatic heterocycles. The van der Waals surface area contributed by atoms with Crippen molar-refractivity contribution < 1.29 is 9.59 Å². The van der Waals surface area contributed by atoms with Gasteiger partial charge in [-0.2, -0.15) is 0 Å². The SMILES string of the molecule is CC(C)(C)CCCC(CC1=CC(=O)C=CC1=O)C(C)(C)C. The Hall–Kier alpha value is -1.18. The zero-order valence-electron chi connectivity index (χ0n) is 14.5. The predicted octanol–water partition coefficient (Wildman–Crippen LogP) is 4.89. The number of hydrogen-bond donors (Lipinski definition) is 0. The lowest BCUT2D eigenvalue weighted by atomic mass is 9.73. The second-order valence-electron chi connectivity index (χ2n) is 8.49. The van der Waals surface area contributed by atoms with E-state index in [1.54, 1.807) is 0 Å². The van der Waals surface area contributed by atoms with E-state index in [2.05, 4.69) is 41.5 Å². The van der Waals surface area contributed by atoms with E-state index in [0.29, 0.717) is 23.3 Å². The summed E-state index contributed by atoms with van der Waals surface area (Å²) in [7, 11) is 0. The van der Waals surface area contributed by atoms with Gasteiger partial charge in [0, 0.05) is 5.57 Å². The standard InChI is InChI=1S/C19H30O2/c1-18(2,3)11-7-8-15(19(4,5)6)12-14-13-16(20)9-10-17(14)21/h9-10,13,15H,7-8,11-12H2,1-6H3. The normalized spacial score (nSPS) is 17.9. The summed E-state index contributed by atoms with van der Waals surface area (Å²) in [5.41, 5.74) is 1.17.